The Balaban J connectivity index is 1.43. The minimum atomic E-state index is -0.415. The van der Waals surface area contributed by atoms with Gasteiger partial charge in [-0.1, -0.05) is 6.07 Å². The third-order valence-electron chi connectivity index (χ3n) is 4.96. The molecule has 130 valence electrons. The standard InChI is InChI=1S/C19H21N3O2S/c1-12-20-15-5-4-14(11-16(15)21-12)19(24)22-8-6-13(7-9-22)18(23)17-3-2-10-25-17/h2-5,10-11,13,18,23H,6-9H2,1H3,(H,20,21). The smallest absolute Gasteiger partial charge is 0.253 e. The number of aromatic nitrogens is 2. The van der Waals surface area contributed by atoms with Crippen LogP contribution < -0.4 is 0 Å². The first-order valence-electron chi connectivity index (χ1n) is 8.59. The summed E-state index contributed by atoms with van der Waals surface area (Å²) >= 11 is 1.59. The van der Waals surface area contributed by atoms with Crippen LogP contribution in [0.3, 0.4) is 0 Å². The van der Waals surface area contributed by atoms with E-state index in [1.807, 2.05) is 47.5 Å². The summed E-state index contributed by atoms with van der Waals surface area (Å²) in [5.74, 6) is 1.13. The summed E-state index contributed by atoms with van der Waals surface area (Å²) in [4.78, 5) is 23.2. The van der Waals surface area contributed by atoms with Crippen molar-refractivity contribution >= 4 is 28.3 Å². The highest BCUT2D eigenvalue weighted by atomic mass is 32.1. The van der Waals surface area contributed by atoms with Crippen molar-refractivity contribution in [3.8, 4) is 0 Å². The average molecular weight is 355 g/mol. The second-order valence-corrected chi connectivity index (χ2v) is 7.62. The third-order valence-corrected chi connectivity index (χ3v) is 5.90. The summed E-state index contributed by atoms with van der Waals surface area (Å²) in [6.07, 6.45) is 1.24. The number of hydrogen-bond donors (Lipinski definition) is 2. The third kappa shape index (κ3) is 3.19. The maximum absolute atomic E-state index is 12.8. The van der Waals surface area contributed by atoms with Crippen molar-refractivity contribution in [2.45, 2.75) is 25.9 Å². The van der Waals surface area contributed by atoms with Crippen LogP contribution in [0.15, 0.2) is 35.7 Å². The molecule has 2 N–H and O–H groups in total. The van der Waals surface area contributed by atoms with Gasteiger partial charge in [0.05, 0.1) is 17.1 Å². The topological polar surface area (TPSA) is 69.2 Å². The second-order valence-electron chi connectivity index (χ2n) is 6.64. The van der Waals surface area contributed by atoms with Gasteiger partial charge in [-0.25, -0.2) is 4.98 Å². The number of benzene rings is 1. The monoisotopic (exact) mass is 355 g/mol. The Morgan fingerprint density at radius 1 is 1.36 bits per heavy atom. The SMILES string of the molecule is Cc1nc2ccc(C(=O)N3CCC(C(O)c4cccs4)CC3)cc2[nH]1. The molecule has 4 rings (SSSR count). The fraction of sp³-hybridized carbons (Fsp3) is 0.368. The molecule has 1 atom stereocenters. The van der Waals surface area contributed by atoms with Crippen LogP contribution >= 0.6 is 11.3 Å². The predicted molar refractivity (Wildman–Crippen MR) is 98.7 cm³/mol. The van der Waals surface area contributed by atoms with Gasteiger partial charge in [0.15, 0.2) is 0 Å². The molecular formula is C19H21N3O2S. The van der Waals surface area contributed by atoms with E-state index in [1.165, 1.54) is 0 Å². The van der Waals surface area contributed by atoms with Gasteiger partial charge in [-0.15, -0.1) is 11.3 Å². The number of carbonyl (C=O) groups is 1. The number of aromatic amines is 1. The van der Waals surface area contributed by atoms with E-state index in [2.05, 4.69) is 9.97 Å². The van der Waals surface area contributed by atoms with Crippen LogP contribution in [0.4, 0.5) is 0 Å². The molecule has 0 bridgehead atoms. The Bertz CT molecular complexity index is 879. The molecule has 0 saturated carbocycles. The number of nitrogens with zero attached hydrogens (tertiary/aromatic N) is 2. The zero-order valence-electron chi connectivity index (χ0n) is 14.1. The van der Waals surface area contributed by atoms with Crippen LogP contribution in [-0.2, 0) is 0 Å². The van der Waals surface area contributed by atoms with Gasteiger partial charge in [0.2, 0.25) is 0 Å². The number of rotatable bonds is 3. The van der Waals surface area contributed by atoms with Crippen molar-refractivity contribution < 1.29 is 9.90 Å². The summed E-state index contributed by atoms with van der Waals surface area (Å²) in [5.41, 5.74) is 2.46. The molecule has 1 aliphatic heterocycles. The van der Waals surface area contributed by atoms with E-state index in [9.17, 15) is 9.90 Å². The molecule has 1 unspecified atom stereocenters. The van der Waals surface area contributed by atoms with Crippen LogP contribution in [0.25, 0.3) is 11.0 Å². The quantitative estimate of drug-likeness (QED) is 0.755. The minimum absolute atomic E-state index is 0.0539. The lowest BCUT2D eigenvalue weighted by Crippen LogP contribution is -2.39. The van der Waals surface area contributed by atoms with Crippen molar-refractivity contribution in [1.29, 1.82) is 0 Å². The Labute approximate surface area is 150 Å². The fourth-order valence-electron chi connectivity index (χ4n) is 3.56. The fourth-order valence-corrected chi connectivity index (χ4v) is 4.37. The van der Waals surface area contributed by atoms with E-state index >= 15 is 0 Å². The number of H-pyrrole nitrogens is 1. The van der Waals surface area contributed by atoms with Crippen molar-refractivity contribution in [3.05, 3.63) is 52.0 Å². The number of piperidine rings is 1. The molecule has 1 amide bonds. The number of amides is 1. The number of aryl methyl sites for hydroxylation is 1. The zero-order chi connectivity index (χ0) is 17.4. The molecule has 1 saturated heterocycles. The highest BCUT2D eigenvalue weighted by molar-refractivity contribution is 7.10. The summed E-state index contributed by atoms with van der Waals surface area (Å²) in [5, 5.41) is 12.5. The normalized spacial score (nSPS) is 17.1. The average Bonchev–Trinajstić information content (AvgIpc) is 3.28. The summed E-state index contributed by atoms with van der Waals surface area (Å²) in [6.45, 7) is 3.28. The lowest BCUT2D eigenvalue weighted by atomic mass is 9.90. The molecule has 5 nitrogen and oxygen atoms in total. The number of carbonyl (C=O) groups excluding carboxylic acids is 1. The Hall–Kier alpha value is -2.18. The van der Waals surface area contributed by atoms with E-state index in [4.69, 9.17) is 0 Å². The molecule has 1 fully saturated rings. The van der Waals surface area contributed by atoms with Crippen LogP contribution in [-0.4, -0.2) is 39.0 Å². The predicted octanol–water partition coefficient (Wildman–Crippen LogP) is 3.52. The molecule has 3 heterocycles. The molecule has 0 aliphatic carbocycles. The molecule has 0 spiro atoms. The van der Waals surface area contributed by atoms with Crippen LogP contribution in [0, 0.1) is 12.8 Å². The van der Waals surface area contributed by atoms with Crippen LogP contribution in [0.5, 0.6) is 0 Å². The number of hydrogen-bond acceptors (Lipinski definition) is 4. The van der Waals surface area contributed by atoms with E-state index in [0.717, 1.165) is 34.6 Å². The number of fused-ring (bicyclic) bond motifs is 1. The first kappa shape index (κ1) is 16.3. The Kier molecular flexibility index (Phi) is 4.31. The molecular weight excluding hydrogens is 334 g/mol. The van der Waals surface area contributed by atoms with Gasteiger partial charge in [0, 0.05) is 23.5 Å². The number of imidazole rings is 1. The van der Waals surface area contributed by atoms with E-state index in [0.29, 0.717) is 18.7 Å². The van der Waals surface area contributed by atoms with Gasteiger partial charge in [-0.05, 0) is 55.3 Å². The first-order valence-corrected chi connectivity index (χ1v) is 9.47. The molecule has 3 aromatic rings. The van der Waals surface area contributed by atoms with Gasteiger partial charge >= 0.3 is 0 Å². The molecule has 0 radical (unpaired) electrons. The van der Waals surface area contributed by atoms with E-state index in [-0.39, 0.29) is 11.8 Å². The summed E-state index contributed by atoms with van der Waals surface area (Å²) in [6, 6.07) is 9.56. The molecule has 25 heavy (non-hydrogen) atoms. The highest BCUT2D eigenvalue weighted by Gasteiger charge is 2.29. The van der Waals surface area contributed by atoms with Crippen LogP contribution in [0.2, 0.25) is 0 Å². The number of aliphatic hydroxyl groups excluding tert-OH is 1. The van der Waals surface area contributed by atoms with Gasteiger partial charge < -0.3 is 15.0 Å². The van der Waals surface area contributed by atoms with Crippen molar-refractivity contribution in [3.63, 3.8) is 0 Å². The van der Waals surface area contributed by atoms with Crippen molar-refractivity contribution in [2.24, 2.45) is 5.92 Å². The van der Waals surface area contributed by atoms with E-state index < -0.39 is 6.10 Å². The largest absolute Gasteiger partial charge is 0.387 e. The Morgan fingerprint density at radius 3 is 2.88 bits per heavy atom. The molecule has 6 heteroatoms. The van der Waals surface area contributed by atoms with Gasteiger partial charge in [-0.2, -0.15) is 0 Å². The number of aliphatic hydroxyl groups is 1. The van der Waals surface area contributed by atoms with Crippen molar-refractivity contribution in [2.75, 3.05) is 13.1 Å². The number of thiophene rings is 1. The minimum Gasteiger partial charge on any atom is -0.387 e. The first-order chi connectivity index (χ1) is 12.1. The van der Waals surface area contributed by atoms with E-state index in [1.54, 1.807) is 11.3 Å². The Morgan fingerprint density at radius 2 is 2.16 bits per heavy atom. The highest BCUT2D eigenvalue weighted by Crippen LogP contribution is 2.33. The second kappa shape index (κ2) is 6.61. The summed E-state index contributed by atoms with van der Waals surface area (Å²) < 4.78 is 0. The number of nitrogens with one attached hydrogen (secondary N) is 1. The molecule has 1 aliphatic rings. The lowest BCUT2D eigenvalue weighted by Gasteiger charge is -2.34. The van der Waals surface area contributed by atoms with Crippen molar-refractivity contribution in [1.82, 2.24) is 14.9 Å². The maximum atomic E-state index is 12.8. The van der Waals surface area contributed by atoms with Gasteiger partial charge in [0.25, 0.3) is 5.91 Å². The maximum Gasteiger partial charge on any atom is 0.253 e. The van der Waals surface area contributed by atoms with Gasteiger partial charge in [0.1, 0.15) is 5.82 Å². The molecule has 1 aromatic carbocycles. The van der Waals surface area contributed by atoms with Gasteiger partial charge in [-0.3, -0.25) is 4.79 Å². The van der Waals surface area contributed by atoms with Crippen LogP contribution in [0.1, 0.15) is 40.0 Å². The number of likely N-dealkylation sites (tertiary alicyclic amines) is 1. The lowest BCUT2D eigenvalue weighted by molar-refractivity contribution is 0.0474. The summed E-state index contributed by atoms with van der Waals surface area (Å²) in [7, 11) is 0. The zero-order valence-corrected chi connectivity index (χ0v) is 14.9. The molecule has 2 aromatic heterocycles.